The van der Waals surface area contributed by atoms with E-state index in [2.05, 4.69) is 0 Å². The minimum absolute atomic E-state index is 0.195. The zero-order chi connectivity index (χ0) is 11.3. The molecule has 6 nitrogen and oxygen atoms in total. The number of hydrogen-bond acceptors (Lipinski definition) is 6. The Labute approximate surface area is 80.8 Å². The Morgan fingerprint density at radius 2 is 1.79 bits per heavy atom. The van der Waals surface area contributed by atoms with Crippen molar-refractivity contribution in [1.82, 2.24) is 0 Å². The highest BCUT2D eigenvalue weighted by Crippen LogP contribution is 2.10. The summed E-state index contributed by atoms with van der Waals surface area (Å²) < 4.78 is 0. The fraction of sp³-hybridized carbons (Fsp3) is 0.750. The van der Waals surface area contributed by atoms with Crippen LogP contribution in [-0.4, -0.2) is 57.4 Å². The second kappa shape index (κ2) is 5.82. The molecule has 0 spiro atoms. The number of aliphatic hydroxyl groups is 4. The van der Waals surface area contributed by atoms with Crippen molar-refractivity contribution in [1.29, 1.82) is 0 Å². The Kier molecular flexibility index (Phi) is 5.47. The molecule has 0 amide bonds. The third-order valence-electron chi connectivity index (χ3n) is 1.92. The van der Waals surface area contributed by atoms with Gasteiger partial charge in [0.25, 0.3) is 0 Å². The lowest BCUT2D eigenvalue weighted by Gasteiger charge is -2.24. The van der Waals surface area contributed by atoms with Crippen LogP contribution in [0.2, 0.25) is 0 Å². The van der Waals surface area contributed by atoms with E-state index in [9.17, 15) is 14.7 Å². The van der Waals surface area contributed by atoms with Crippen molar-refractivity contribution in [3.8, 4) is 0 Å². The lowest BCUT2D eigenvalue weighted by molar-refractivity contribution is -0.139. The highest BCUT2D eigenvalue weighted by atomic mass is 16.4. The molecular weight excluding hydrogens is 192 g/mol. The van der Waals surface area contributed by atoms with Crippen LogP contribution in [-0.2, 0) is 9.59 Å². The SMILES string of the molecule is CC(=O)C(C=O)C(O)C(O)C(O)CO. The molecule has 0 saturated carbocycles. The number of aliphatic hydroxyl groups excluding tert-OH is 4. The predicted octanol–water partition coefficient (Wildman–Crippen LogP) is -2.53. The van der Waals surface area contributed by atoms with Gasteiger partial charge in [-0.15, -0.1) is 0 Å². The van der Waals surface area contributed by atoms with Crippen LogP contribution in [0.1, 0.15) is 6.92 Å². The Morgan fingerprint density at radius 3 is 2.07 bits per heavy atom. The Hall–Kier alpha value is -0.820. The van der Waals surface area contributed by atoms with Gasteiger partial charge in [-0.3, -0.25) is 4.79 Å². The lowest BCUT2D eigenvalue weighted by atomic mass is 9.93. The summed E-state index contributed by atoms with van der Waals surface area (Å²) in [5.74, 6) is -2.00. The van der Waals surface area contributed by atoms with Crippen molar-refractivity contribution in [2.45, 2.75) is 25.2 Å². The largest absolute Gasteiger partial charge is 0.394 e. The summed E-state index contributed by atoms with van der Waals surface area (Å²) >= 11 is 0. The van der Waals surface area contributed by atoms with Crippen molar-refractivity contribution in [3.05, 3.63) is 0 Å². The maximum atomic E-state index is 10.8. The van der Waals surface area contributed by atoms with Gasteiger partial charge in [0.2, 0.25) is 0 Å². The Balaban J connectivity index is 4.48. The molecule has 0 aromatic rings. The van der Waals surface area contributed by atoms with E-state index in [-0.39, 0.29) is 6.29 Å². The summed E-state index contributed by atoms with van der Waals surface area (Å²) in [6.07, 6.45) is -4.81. The molecule has 6 heteroatoms. The van der Waals surface area contributed by atoms with Crippen LogP contribution in [0.5, 0.6) is 0 Å². The minimum atomic E-state index is -1.72. The molecule has 0 radical (unpaired) electrons. The normalized spacial score (nSPS) is 19.5. The quantitative estimate of drug-likeness (QED) is 0.281. The van der Waals surface area contributed by atoms with E-state index in [1.54, 1.807) is 0 Å². The number of rotatable bonds is 6. The van der Waals surface area contributed by atoms with Crippen LogP contribution >= 0.6 is 0 Å². The molecule has 0 aromatic carbocycles. The van der Waals surface area contributed by atoms with Crippen LogP contribution < -0.4 is 0 Å². The predicted molar refractivity (Wildman–Crippen MR) is 45.3 cm³/mol. The smallest absolute Gasteiger partial charge is 0.142 e. The molecule has 0 aliphatic rings. The van der Waals surface area contributed by atoms with E-state index >= 15 is 0 Å². The van der Waals surface area contributed by atoms with Crippen molar-refractivity contribution in [2.24, 2.45) is 5.92 Å². The molecule has 0 aromatic heterocycles. The van der Waals surface area contributed by atoms with Crippen molar-refractivity contribution in [3.63, 3.8) is 0 Å². The van der Waals surface area contributed by atoms with Crippen LogP contribution in [0.15, 0.2) is 0 Å². The van der Waals surface area contributed by atoms with Crippen LogP contribution in [0.3, 0.4) is 0 Å². The molecule has 0 rings (SSSR count). The monoisotopic (exact) mass is 206 g/mol. The van der Waals surface area contributed by atoms with E-state index in [0.717, 1.165) is 6.92 Å². The lowest BCUT2D eigenvalue weighted by Crippen LogP contribution is -2.45. The van der Waals surface area contributed by atoms with Gasteiger partial charge in [-0.2, -0.15) is 0 Å². The maximum Gasteiger partial charge on any atom is 0.142 e. The summed E-state index contributed by atoms with van der Waals surface area (Å²) in [5.41, 5.74) is 0. The van der Waals surface area contributed by atoms with Gasteiger partial charge in [-0.1, -0.05) is 0 Å². The summed E-state index contributed by atoms with van der Waals surface area (Å²) in [4.78, 5) is 21.2. The molecule has 4 unspecified atom stereocenters. The van der Waals surface area contributed by atoms with E-state index in [1.807, 2.05) is 0 Å². The molecule has 0 aliphatic heterocycles. The Morgan fingerprint density at radius 1 is 1.29 bits per heavy atom. The molecule has 0 saturated heterocycles. The molecular formula is C8H14O6. The van der Waals surface area contributed by atoms with E-state index in [4.69, 9.17) is 15.3 Å². The topological polar surface area (TPSA) is 115 Å². The van der Waals surface area contributed by atoms with Crippen LogP contribution in [0.25, 0.3) is 0 Å². The first-order valence-corrected chi connectivity index (χ1v) is 4.06. The maximum absolute atomic E-state index is 10.8. The zero-order valence-electron chi connectivity index (χ0n) is 7.70. The third kappa shape index (κ3) is 3.15. The van der Waals surface area contributed by atoms with E-state index in [0.29, 0.717) is 0 Å². The minimum Gasteiger partial charge on any atom is -0.394 e. The first kappa shape index (κ1) is 13.2. The Bertz CT molecular complexity index is 204. The summed E-state index contributed by atoms with van der Waals surface area (Å²) in [7, 11) is 0. The van der Waals surface area contributed by atoms with E-state index in [1.165, 1.54) is 0 Å². The number of carbonyl (C=O) groups is 2. The third-order valence-corrected chi connectivity index (χ3v) is 1.92. The van der Waals surface area contributed by atoms with E-state index < -0.39 is 36.6 Å². The van der Waals surface area contributed by atoms with Gasteiger partial charge in [0, 0.05) is 0 Å². The second-order valence-corrected chi connectivity index (χ2v) is 3.00. The first-order chi connectivity index (χ1) is 6.45. The number of carbonyl (C=O) groups excluding carboxylic acids is 2. The molecule has 0 heterocycles. The van der Waals surface area contributed by atoms with Crippen LogP contribution in [0, 0.1) is 5.92 Å². The fourth-order valence-electron chi connectivity index (χ4n) is 0.965. The van der Waals surface area contributed by atoms with Gasteiger partial charge in [-0.05, 0) is 6.92 Å². The molecule has 4 N–H and O–H groups in total. The molecule has 4 atom stereocenters. The average molecular weight is 206 g/mol. The zero-order valence-corrected chi connectivity index (χ0v) is 7.70. The van der Waals surface area contributed by atoms with Gasteiger partial charge in [-0.25, -0.2) is 0 Å². The standard InChI is InChI=1S/C8H14O6/c1-4(11)5(2-9)7(13)8(14)6(12)3-10/h2,5-8,10,12-14H,3H2,1H3. The van der Waals surface area contributed by atoms with Gasteiger partial charge in [0.05, 0.1) is 12.7 Å². The number of hydrogen-bond donors (Lipinski definition) is 4. The van der Waals surface area contributed by atoms with Crippen molar-refractivity contribution >= 4 is 12.1 Å². The van der Waals surface area contributed by atoms with Crippen molar-refractivity contribution in [2.75, 3.05) is 6.61 Å². The first-order valence-electron chi connectivity index (χ1n) is 4.06. The van der Waals surface area contributed by atoms with Gasteiger partial charge in [0.15, 0.2) is 0 Å². The molecule has 14 heavy (non-hydrogen) atoms. The highest BCUT2D eigenvalue weighted by molar-refractivity contribution is 5.92. The number of Topliss-reactive ketones (excluding diaryl/α,β-unsaturated/α-hetero) is 1. The highest BCUT2D eigenvalue weighted by Gasteiger charge is 2.33. The summed E-state index contributed by atoms with van der Waals surface area (Å²) in [6.45, 7) is 0.321. The second-order valence-electron chi connectivity index (χ2n) is 3.00. The fourth-order valence-corrected chi connectivity index (χ4v) is 0.965. The number of aldehydes is 1. The summed E-state index contributed by atoms with van der Waals surface area (Å²) in [6, 6.07) is 0. The molecule has 0 fully saturated rings. The van der Waals surface area contributed by atoms with Crippen molar-refractivity contribution < 1.29 is 30.0 Å². The molecule has 0 bridgehead atoms. The van der Waals surface area contributed by atoms with Gasteiger partial charge in [0.1, 0.15) is 30.2 Å². The number of ketones is 1. The average Bonchev–Trinajstić information content (AvgIpc) is 2.15. The molecule has 82 valence electrons. The van der Waals surface area contributed by atoms with Gasteiger partial charge < -0.3 is 25.2 Å². The summed E-state index contributed by atoms with van der Waals surface area (Å²) in [5, 5.41) is 35.8. The van der Waals surface area contributed by atoms with Crippen LogP contribution in [0.4, 0.5) is 0 Å². The van der Waals surface area contributed by atoms with Gasteiger partial charge >= 0.3 is 0 Å². The molecule has 0 aliphatic carbocycles.